The molecular weight excluding hydrogens is 629 g/mol. The van der Waals surface area contributed by atoms with Crippen LogP contribution < -0.4 is 9.80 Å². The minimum Gasteiger partial charge on any atom is -0.371 e. The van der Waals surface area contributed by atoms with Crippen molar-refractivity contribution in [3.8, 4) is 0 Å². The molecule has 10 rings (SSSR count). The van der Waals surface area contributed by atoms with E-state index in [-0.39, 0.29) is 0 Å². The van der Waals surface area contributed by atoms with Crippen LogP contribution in [0.4, 0.5) is 11.4 Å². The fourth-order valence-electron chi connectivity index (χ4n) is 9.41. The van der Waals surface area contributed by atoms with Gasteiger partial charge in [-0.15, -0.1) is 0 Å². The Morgan fingerprint density at radius 1 is 0.308 bits per heavy atom. The molecule has 0 atom stereocenters. The Labute approximate surface area is 308 Å². The Hall–Kier alpha value is -5.34. The minimum absolute atomic E-state index is 1.21. The zero-order chi connectivity index (χ0) is 34.4. The van der Waals surface area contributed by atoms with Crippen molar-refractivity contribution in [1.29, 1.82) is 0 Å². The Kier molecular flexibility index (Phi) is 8.05. The molecule has 2 heteroatoms. The molecule has 0 aromatic heterocycles. The van der Waals surface area contributed by atoms with Crippen LogP contribution in [-0.2, 0) is 25.7 Å². The molecule has 4 aliphatic heterocycles. The highest BCUT2D eigenvalue weighted by Crippen LogP contribution is 2.38. The van der Waals surface area contributed by atoms with Gasteiger partial charge in [0, 0.05) is 37.6 Å². The number of fused-ring (bicyclic) bond motifs is 2. The summed E-state index contributed by atoms with van der Waals surface area (Å²) in [6.45, 7) is 4.90. The topological polar surface area (TPSA) is 6.48 Å². The summed E-state index contributed by atoms with van der Waals surface area (Å²) in [6.07, 6.45) is 23.6. The van der Waals surface area contributed by atoms with Crippen LogP contribution in [0.15, 0.2) is 97.1 Å². The fraction of sp³-hybridized carbons (Fsp3) is 0.240. The molecule has 0 saturated heterocycles. The van der Waals surface area contributed by atoms with Crippen molar-refractivity contribution < 1.29 is 0 Å². The number of benzene rings is 6. The van der Waals surface area contributed by atoms with E-state index < -0.39 is 0 Å². The smallest absolute Gasteiger partial charge is 0.0431 e. The van der Waals surface area contributed by atoms with E-state index in [1.807, 2.05) is 0 Å². The van der Waals surface area contributed by atoms with Gasteiger partial charge in [0.1, 0.15) is 0 Å². The standard InChI is InChI=1S/C50H46N2/c1-5-45-31-39(32-46-6-2-24-51(23-1)49(45)46)13-11-37-17-21-41-27-35(15-19-43(41)29-37)9-10-36-16-20-44-30-38(18-22-42(44)28-36)12-14-40-33-47-7-3-25-52-26-4-8-48(34-40)50(47)52/h9-22,27-34H,1-8,23-26H2/b10-9+,13-11+,14-12+. The second-order valence-electron chi connectivity index (χ2n) is 15.5. The van der Waals surface area contributed by atoms with Gasteiger partial charge in [-0.2, -0.15) is 0 Å². The van der Waals surface area contributed by atoms with Gasteiger partial charge in [-0.1, -0.05) is 85.0 Å². The SMILES string of the molecule is C(=C\c1ccc2cc(/C=C/c3ccc4cc(/C=C/c5cc6c7c(c5)CCCN7CCC6)ccc4c3)ccc2c1)/c1cc2c3c(c1)CCCN3CCC2. The summed E-state index contributed by atoms with van der Waals surface area (Å²) in [5.41, 5.74) is 16.9. The van der Waals surface area contributed by atoms with Gasteiger partial charge in [-0.05, 0) is 177 Å². The maximum atomic E-state index is 2.62. The van der Waals surface area contributed by atoms with Crippen LogP contribution in [0, 0.1) is 0 Å². The van der Waals surface area contributed by atoms with Gasteiger partial charge in [-0.25, -0.2) is 0 Å². The summed E-state index contributed by atoms with van der Waals surface area (Å²) >= 11 is 0. The van der Waals surface area contributed by atoms with Crippen molar-refractivity contribution in [2.75, 3.05) is 36.0 Å². The largest absolute Gasteiger partial charge is 0.371 e. The Morgan fingerprint density at radius 2 is 0.577 bits per heavy atom. The van der Waals surface area contributed by atoms with Crippen molar-refractivity contribution in [2.24, 2.45) is 0 Å². The van der Waals surface area contributed by atoms with Crippen molar-refractivity contribution in [3.63, 3.8) is 0 Å². The predicted octanol–water partition coefficient (Wildman–Crippen LogP) is 11.9. The van der Waals surface area contributed by atoms with Gasteiger partial charge >= 0.3 is 0 Å². The van der Waals surface area contributed by atoms with Crippen molar-refractivity contribution >= 4 is 69.4 Å². The first-order chi connectivity index (χ1) is 25.7. The van der Waals surface area contributed by atoms with Crippen LogP contribution in [0.5, 0.6) is 0 Å². The lowest BCUT2D eigenvalue weighted by Gasteiger charge is -2.37. The molecule has 0 amide bonds. The molecule has 6 aromatic rings. The molecular formula is C50H46N2. The van der Waals surface area contributed by atoms with Crippen molar-refractivity contribution in [3.05, 3.63) is 153 Å². The van der Waals surface area contributed by atoms with Gasteiger partial charge in [0.15, 0.2) is 0 Å². The van der Waals surface area contributed by atoms with E-state index in [2.05, 4.69) is 143 Å². The second kappa shape index (κ2) is 13.3. The lowest BCUT2D eigenvalue weighted by atomic mass is 9.90. The molecule has 256 valence electrons. The zero-order valence-electron chi connectivity index (χ0n) is 30.1. The number of anilines is 2. The van der Waals surface area contributed by atoms with Gasteiger partial charge in [0.05, 0.1) is 0 Å². The average Bonchev–Trinajstić information content (AvgIpc) is 3.18. The van der Waals surface area contributed by atoms with E-state index in [9.17, 15) is 0 Å². The first kappa shape index (κ1) is 31.4. The van der Waals surface area contributed by atoms with E-state index in [4.69, 9.17) is 0 Å². The third kappa shape index (κ3) is 6.15. The highest BCUT2D eigenvalue weighted by atomic mass is 15.1. The lowest BCUT2D eigenvalue weighted by molar-refractivity contribution is 0.634. The monoisotopic (exact) mass is 674 g/mol. The van der Waals surface area contributed by atoms with Crippen molar-refractivity contribution in [2.45, 2.75) is 51.4 Å². The molecule has 0 radical (unpaired) electrons. The normalized spacial score (nSPS) is 16.8. The van der Waals surface area contributed by atoms with E-state index in [1.54, 1.807) is 33.6 Å². The van der Waals surface area contributed by atoms with Crippen LogP contribution in [0.2, 0.25) is 0 Å². The number of rotatable bonds is 6. The molecule has 4 aliphatic rings. The quantitative estimate of drug-likeness (QED) is 0.162. The Balaban J connectivity index is 0.824. The maximum Gasteiger partial charge on any atom is 0.0431 e. The Bertz CT molecular complexity index is 2210. The van der Waals surface area contributed by atoms with Gasteiger partial charge in [0.25, 0.3) is 0 Å². The second-order valence-corrected chi connectivity index (χ2v) is 15.5. The fourth-order valence-corrected chi connectivity index (χ4v) is 9.41. The molecule has 0 bridgehead atoms. The summed E-state index contributed by atoms with van der Waals surface area (Å²) in [5.74, 6) is 0. The highest BCUT2D eigenvalue weighted by Gasteiger charge is 2.25. The third-order valence-corrected chi connectivity index (χ3v) is 11.9. The summed E-state index contributed by atoms with van der Waals surface area (Å²) in [4.78, 5) is 5.23. The predicted molar refractivity (Wildman–Crippen MR) is 225 cm³/mol. The van der Waals surface area contributed by atoms with Gasteiger partial charge in [-0.3, -0.25) is 0 Å². The third-order valence-electron chi connectivity index (χ3n) is 11.9. The average molecular weight is 675 g/mol. The molecule has 2 nitrogen and oxygen atoms in total. The first-order valence-corrected chi connectivity index (χ1v) is 19.6. The van der Waals surface area contributed by atoms with E-state index in [1.165, 1.54) is 132 Å². The lowest BCUT2D eigenvalue weighted by Crippen LogP contribution is -2.34. The Morgan fingerprint density at radius 3 is 0.865 bits per heavy atom. The molecule has 52 heavy (non-hydrogen) atoms. The minimum atomic E-state index is 1.21. The summed E-state index contributed by atoms with van der Waals surface area (Å²) in [5, 5.41) is 5.10. The van der Waals surface area contributed by atoms with E-state index in [0.717, 1.165) is 0 Å². The number of nitrogens with zero attached hydrogens (tertiary/aromatic N) is 2. The number of hydrogen-bond acceptors (Lipinski definition) is 2. The van der Waals surface area contributed by atoms with Crippen LogP contribution in [-0.4, -0.2) is 26.2 Å². The molecule has 4 heterocycles. The zero-order valence-corrected chi connectivity index (χ0v) is 30.1. The molecule has 0 fully saturated rings. The molecule has 0 saturated carbocycles. The summed E-state index contributed by atoms with van der Waals surface area (Å²) < 4.78 is 0. The van der Waals surface area contributed by atoms with Crippen molar-refractivity contribution in [1.82, 2.24) is 0 Å². The molecule has 0 aliphatic carbocycles. The summed E-state index contributed by atoms with van der Waals surface area (Å²) in [6, 6.07) is 36.9. The maximum absolute atomic E-state index is 2.62. The van der Waals surface area contributed by atoms with Gasteiger partial charge in [0.2, 0.25) is 0 Å². The van der Waals surface area contributed by atoms with Crippen LogP contribution in [0.1, 0.15) is 81.3 Å². The first-order valence-electron chi connectivity index (χ1n) is 19.6. The van der Waals surface area contributed by atoms with E-state index >= 15 is 0 Å². The number of aryl methyl sites for hydroxylation is 4. The van der Waals surface area contributed by atoms with Crippen LogP contribution >= 0.6 is 0 Å². The molecule has 0 N–H and O–H groups in total. The molecule has 0 spiro atoms. The molecule has 0 unspecified atom stereocenters. The van der Waals surface area contributed by atoms with Crippen LogP contribution in [0.25, 0.3) is 58.0 Å². The number of hydrogen-bond donors (Lipinski definition) is 0. The van der Waals surface area contributed by atoms with Gasteiger partial charge < -0.3 is 9.80 Å². The summed E-state index contributed by atoms with van der Waals surface area (Å²) in [7, 11) is 0. The molecule has 6 aromatic carbocycles. The van der Waals surface area contributed by atoms with Crippen LogP contribution in [0.3, 0.4) is 0 Å². The van der Waals surface area contributed by atoms with E-state index in [0.29, 0.717) is 0 Å². The highest BCUT2D eigenvalue weighted by molar-refractivity contribution is 5.91.